The average molecular weight is 280 g/mol. The van der Waals surface area contributed by atoms with E-state index < -0.39 is 5.97 Å². The Morgan fingerprint density at radius 2 is 1.79 bits per heavy atom. The first-order valence-corrected chi connectivity index (χ1v) is 6.55. The lowest BCUT2D eigenvalue weighted by molar-refractivity contribution is -0.138. The average Bonchev–Trinajstić information content (AvgIpc) is 2.28. The molecular formula is C14H20N2O2S. The maximum Gasteiger partial charge on any atom is 0.317 e. The molecule has 104 valence electrons. The van der Waals surface area contributed by atoms with Crippen LogP contribution in [-0.2, 0) is 4.79 Å². The van der Waals surface area contributed by atoms with Crippen molar-refractivity contribution < 1.29 is 9.90 Å². The number of carboxylic acid groups (broad SMARTS) is 1. The van der Waals surface area contributed by atoms with Gasteiger partial charge in [0.05, 0.1) is 17.6 Å². The van der Waals surface area contributed by atoms with Gasteiger partial charge in [0, 0.05) is 0 Å². The molecule has 1 atom stereocenters. The fraction of sp³-hybridized carbons (Fsp3) is 0.429. The lowest BCUT2D eigenvalue weighted by atomic mass is 9.98. The smallest absolute Gasteiger partial charge is 0.317 e. The Balaban J connectivity index is 2.99. The standard InChI is InChI=1S/C14H20N2O2S/c1-9(2)10-4-6-11(7-5-10)13(14(15)19)16(3)8-12(17)18/h4-7,9,13H,8H2,1-3H3,(H2,15,19)(H,17,18). The summed E-state index contributed by atoms with van der Waals surface area (Å²) in [4.78, 5) is 12.7. The minimum Gasteiger partial charge on any atom is -0.480 e. The van der Waals surface area contributed by atoms with Crippen LogP contribution in [0, 0.1) is 0 Å². The second-order valence-electron chi connectivity index (χ2n) is 4.94. The minimum atomic E-state index is -0.900. The Kier molecular flexibility index (Phi) is 5.44. The number of likely N-dealkylation sites (N-methyl/N-ethyl adjacent to an activating group) is 1. The number of nitrogens with two attached hydrogens (primary N) is 1. The molecule has 1 rings (SSSR count). The van der Waals surface area contributed by atoms with E-state index in [4.69, 9.17) is 23.1 Å². The van der Waals surface area contributed by atoms with Gasteiger partial charge in [-0.3, -0.25) is 9.69 Å². The molecule has 0 fully saturated rings. The predicted molar refractivity (Wildman–Crippen MR) is 80.3 cm³/mol. The van der Waals surface area contributed by atoms with E-state index >= 15 is 0 Å². The van der Waals surface area contributed by atoms with E-state index in [-0.39, 0.29) is 17.6 Å². The molecule has 0 saturated heterocycles. The SMILES string of the molecule is CC(C)c1ccc(C(C(N)=S)N(C)CC(=O)O)cc1. The van der Waals surface area contributed by atoms with E-state index in [9.17, 15) is 4.79 Å². The fourth-order valence-electron chi connectivity index (χ4n) is 2.00. The molecule has 1 aromatic rings. The van der Waals surface area contributed by atoms with Crippen LogP contribution in [0.25, 0.3) is 0 Å². The van der Waals surface area contributed by atoms with Gasteiger partial charge in [-0.15, -0.1) is 0 Å². The van der Waals surface area contributed by atoms with E-state index in [0.29, 0.717) is 5.92 Å². The maximum atomic E-state index is 10.8. The summed E-state index contributed by atoms with van der Waals surface area (Å²) in [5, 5.41) is 8.85. The van der Waals surface area contributed by atoms with Gasteiger partial charge < -0.3 is 10.8 Å². The molecule has 1 unspecified atom stereocenters. The second kappa shape index (κ2) is 6.63. The molecule has 0 aliphatic rings. The number of hydrogen-bond acceptors (Lipinski definition) is 3. The molecule has 0 aliphatic carbocycles. The van der Waals surface area contributed by atoms with Crippen LogP contribution in [-0.4, -0.2) is 34.6 Å². The molecule has 0 saturated carbocycles. The van der Waals surface area contributed by atoms with Crippen LogP contribution in [0.15, 0.2) is 24.3 Å². The second-order valence-corrected chi connectivity index (χ2v) is 5.41. The Hall–Kier alpha value is -1.46. The van der Waals surface area contributed by atoms with E-state index in [2.05, 4.69) is 13.8 Å². The van der Waals surface area contributed by atoms with Gasteiger partial charge in [0.2, 0.25) is 0 Å². The Labute approximate surface area is 119 Å². The third-order valence-electron chi connectivity index (χ3n) is 3.01. The van der Waals surface area contributed by atoms with Crippen LogP contribution >= 0.6 is 12.2 Å². The van der Waals surface area contributed by atoms with Crippen molar-refractivity contribution >= 4 is 23.2 Å². The summed E-state index contributed by atoms with van der Waals surface area (Å²) in [6, 6.07) is 7.61. The Morgan fingerprint density at radius 3 is 2.16 bits per heavy atom. The van der Waals surface area contributed by atoms with Crippen LogP contribution in [0.4, 0.5) is 0 Å². The molecular weight excluding hydrogens is 260 g/mol. The quantitative estimate of drug-likeness (QED) is 0.782. The summed E-state index contributed by atoms with van der Waals surface area (Å²) in [6.45, 7) is 4.14. The van der Waals surface area contributed by atoms with Crippen LogP contribution in [0.3, 0.4) is 0 Å². The van der Waals surface area contributed by atoms with Gasteiger partial charge in [-0.25, -0.2) is 0 Å². The van der Waals surface area contributed by atoms with Crippen molar-refractivity contribution in [3.63, 3.8) is 0 Å². The molecule has 1 aromatic carbocycles. The summed E-state index contributed by atoms with van der Waals surface area (Å²) in [5.74, 6) is -0.448. The topological polar surface area (TPSA) is 66.6 Å². The Bertz CT molecular complexity index is 457. The van der Waals surface area contributed by atoms with Crippen molar-refractivity contribution in [1.82, 2.24) is 4.90 Å². The largest absolute Gasteiger partial charge is 0.480 e. The van der Waals surface area contributed by atoms with Crippen LogP contribution in [0.2, 0.25) is 0 Å². The zero-order valence-electron chi connectivity index (χ0n) is 11.5. The van der Waals surface area contributed by atoms with Gasteiger partial charge >= 0.3 is 5.97 Å². The van der Waals surface area contributed by atoms with Gasteiger partial charge in [0.25, 0.3) is 0 Å². The molecule has 19 heavy (non-hydrogen) atoms. The van der Waals surface area contributed by atoms with Crippen LogP contribution in [0.5, 0.6) is 0 Å². The molecule has 0 heterocycles. The number of thiocarbonyl (C=S) groups is 1. The number of benzene rings is 1. The summed E-state index contributed by atoms with van der Waals surface area (Å²) in [6.07, 6.45) is 0. The number of carboxylic acids is 1. The molecule has 5 heteroatoms. The van der Waals surface area contributed by atoms with Gasteiger partial charge in [0.1, 0.15) is 0 Å². The normalized spacial score (nSPS) is 12.7. The molecule has 0 bridgehead atoms. The van der Waals surface area contributed by atoms with Gasteiger partial charge in [-0.05, 0) is 24.1 Å². The lowest BCUT2D eigenvalue weighted by Crippen LogP contribution is -2.37. The number of nitrogens with zero attached hydrogens (tertiary/aromatic N) is 1. The monoisotopic (exact) mass is 280 g/mol. The highest BCUT2D eigenvalue weighted by Gasteiger charge is 2.21. The van der Waals surface area contributed by atoms with Crippen molar-refractivity contribution in [3.8, 4) is 0 Å². The van der Waals surface area contributed by atoms with Crippen molar-refractivity contribution in [2.24, 2.45) is 5.73 Å². The highest BCUT2D eigenvalue weighted by Crippen LogP contribution is 2.22. The summed E-state index contributed by atoms with van der Waals surface area (Å²) >= 11 is 5.06. The zero-order chi connectivity index (χ0) is 14.6. The van der Waals surface area contributed by atoms with Crippen LogP contribution in [0.1, 0.15) is 36.9 Å². The lowest BCUT2D eigenvalue weighted by Gasteiger charge is -2.26. The number of carbonyl (C=O) groups is 1. The van der Waals surface area contributed by atoms with E-state index in [1.807, 2.05) is 24.3 Å². The Morgan fingerprint density at radius 1 is 1.32 bits per heavy atom. The maximum absolute atomic E-state index is 10.8. The van der Waals surface area contributed by atoms with E-state index in [1.165, 1.54) is 5.56 Å². The number of hydrogen-bond donors (Lipinski definition) is 2. The van der Waals surface area contributed by atoms with Gasteiger partial charge in [-0.1, -0.05) is 50.3 Å². The van der Waals surface area contributed by atoms with Crippen molar-refractivity contribution in [2.75, 3.05) is 13.6 Å². The zero-order valence-corrected chi connectivity index (χ0v) is 12.3. The molecule has 0 radical (unpaired) electrons. The predicted octanol–water partition coefficient (Wildman–Crippen LogP) is 2.15. The van der Waals surface area contributed by atoms with Gasteiger partial charge in [-0.2, -0.15) is 0 Å². The van der Waals surface area contributed by atoms with Crippen molar-refractivity contribution in [1.29, 1.82) is 0 Å². The molecule has 3 N–H and O–H groups in total. The third-order valence-corrected chi connectivity index (χ3v) is 3.24. The van der Waals surface area contributed by atoms with Gasteiger partial charge in [0.15, 0.2) is 0 Å². The van der Waals surface area contributed by atoms with E-state index in [0.717, 1.165) is 5.56 Å². The van der Waals surface area contributed by atoms with E-state index in [1.54, 1.807) is 11.9 Å². The van der Waals surface area contributed by atoms with Crippen molar-refractivity contribution in [3.05, 3.63) is 35.4 Å². The molecule has 0 aromatic heterocycles. The fourth-order valence-corrected chi connectivity index (χ4v) is 2.32. The van der Waals surface area contributed by atoms with Crippen LogP contribution < -0.4 is 5.73 Å². The number of rotatable bonds is 6. The molecule has 4 nitrogen and oxygen atoms in total. The highest BCUT2D eigenvalue weighted by molar-refractivity contribution is 7.80. The first-order chi connectivity index (χ1) is 8.82. The first-order valence-electron chi connectivity index (χ1n) is 6.14. The third kappa shape index (κ3) is 4.29. The minimum absolute atomic E-state index is 0.103. The molecule has 0 spiro atoms. The number of aliphatic carboxylic acids is 1. The summed E-state index contributed by atoms with van der Waals surface area (Å²) in [5.41, 5.74) is 7.89. The first kappa shape index (κ1) is 15.6. The highest BCUT2D eigenvalue weighted by atomic mass is 32.1. The summed E-state index contributed by atoms with van der Waals surface area (Å²) < 4.78 is 0. The summed E-state index contributed by atoms with van der Waals surface area (Å²) in [7, 11) is 1.70. The van der Waals surface area contributed by atoms with Crippen molar-refractivity contribution in [2.45, 2.75) is 25.8 Å². The molecule has 0 amide bonds. The molecule has 0 aliphatic heterocycles.